The maximum absolute atomic E-state index is 13.5. The zero-order valence-corrected chi connectivity index (χ0v) is 11.7. The Labute approximate surface area is 119 Å². The maximum atomic E-state index is 13.5. The van der Waals surface area contributed by atoms with E-state index < -0.39 is 37.2 Å². The number of aliphatic hydroxyl groups is 1. The van der Waals surface area contributed by atoms with Crippen LogP contribution in [0.4, 0.5) is 14.5 Å². The highest BCUT2D eigenvalue weighted by Gasteiger charge is 2.25. The van der Waals surface area contributed by atoms with Crippen molar-refractivity contribution in [2.45, 2.75) is 24.2 Å². The van der Waals surface area contributed by atoms with E-state index in [1.165, 1.54) is 0 Å². The molecule has 0 bridgehead atoms. The van der Waals surface area contributed by atoms with Gasteiger partial charge < -0.3 is 5.11 Å². The largest absolute Gasteiger partial charge is 0.396 e. The van der Waals surface area contributed by atoms with Crippen LogP contribution in [0.2, 0.25) is 0 Å². The van der Waals surface area contributed by atoms with E-state index in [4.69, 9.17) is 5.11 Å². The number of hydrogen-bond donors (Lipinski definition) is 2. The van der Waals surface area contributed by atoms with E-state index in [9.17, 15) is 27.3 Å². The SMILES string of the molecule is O=[N+]([O-])c1cc(S(=O)(=O)NCCCCCO)c(F)cc1F. The van der Waals surface area contributed by atoms with Crippen molar-refractivity contribution in [1.29, 1.82) is 0 Å². The highest BCUT2D eigenvalue weighted by atomic mass is 32.2. The third kappa shape index (κ3) is 4.69. The van der Waals surface area contributed by atoms with Crippen molar-refractivity contribution in [3.05, 3.63) is 33.9 Å². The molecule has 0 saturated carbocycles. The molecule has 0 atom stereocenters. The van der Waals surface area contributed by atoms with E-state index in [1.807, 2.05) is 0 Å². The molecule has 0 fully saturated rings. The highest BCUT2D eigenvalue weighted by Crippen LogP contribution is 2.24. The Morgan fingerprint density at radius 3 is 2.43 bits per heavy atom. The normalized spacial score (nSPS) is 11.6. The summed E-state index contributed by atoms with van der Waals surface area (Å²) in [6.45, 7) is -0.0432. The predicted octanol–water partition coefficient (Wildman–Crippen LogP) is 1.31. The Morgan fingerprint density at radius 2 is 1.86 bits per heavy atom. The number of nitro benzene ring substituents is 1. The Morgan fingerprint density at radius 1 is 1.19 bits per heavy atom. The third-order valence-corrected chi connectivity index (χ3v) is 4.09. The second kappa shape index (κ2) is 7.38. The van der Waals surface area contributed by atoms with Crippen molar-refractivity contribution < 1.29 is 27.2 Å². The van der Waals surface area contributed by atoms with Gasteiger partial charge in [0.05, 0.1) is 4.92 Å². The number of nitrogens with zero attached hydrogens (tertiary/aromatic N) is 1. The molecule has 0 spiro atoms. The number of nitrogens with one attached hydrogen (secondary N) is 1. The second-order valence-corrected chi connectivity index (χ2v) is 5.91. The van der Waals surface area contributed by atoms with Gasteiger partial charge in [0.2, 0.25) is 15.8 Å². The average Bonchev–Trinajstić information content (AvgIpc) is 2.37. The predicted molar refractivity (Wildman–Crippen MR) is 69.1 cm³/mol. The summed E-state index contributed by atoms with van der Waals surface area (Å²) in [5, 5.41) is 19.1. The van der Waals surface area contributed by atoms with Crippen LogP contribution < -0.4 is 4.72 Å². The molecular weight excluding hydrogens is 310 g/mol. The molecule has 10 heteroatoms. The summed E-state index contributed by atoms with van der Waals surface area (Å²) in [5.74, 6) is -2.85. The smallest absolute Gasteiger partial charge is 0.306 e. The monoisotopic (exact) mass is 324 g/mol. The number of nitro groups is 1. The highest BCUT2D eigenvalue weighted by molar-refractivity contribution is 7.89. The van der Waals surface area contributed by atoms with Gasteiger partial charge in [-0.15, -0.1) is 0 Å². The molecule has 7 nitrogen and oxygen atoms in total. The number of aliphatic hydroxyl groups excluding tert-OH is 1. The lowest BCUT2D eigenvalue weighted by Crippen LogP contribution is -2.26. The summed E-state index contributed by atoms with van der Waals surface area (Å²) < 4.78 is 52.4. The molecule has 21 heavy (non-hydrogen) atoms. The second-order valence-electron chi connectivity index (χ2n) is 4.17. The first-order valence-corrected chi connectivity index (χ1v) is 7.52. The molecule has 0 saturated heterocycles. The molecule has 0 unspecified atom stereocenters. The fourth-order valence-electron chi connectivity index (χ4n) is 1.56. The Kier molecular flexibility index (Phi) is 6.12. The summed E-state index contributed by atoms with van der Waals surface area (Å²) >= 11 is 0. The molecule has 0 aromatic heterocycles. The summed E-state index contributed by atoms with van der Waals surface area (Å²) in [7, 11) is -4.31. The van der Waals surface area contributed by atoms with E-state index in [1.54, 1.807) is 0 Å². The average molecular weight is 324 g/mol. The quantitative estimate of drug-likeness (QED) is 0.426. The molecule has 0 aliphatic carbocycles. The van der Waals surface area contributed by atoms with E-state index in [2.05, 4.69) is 4.72 Å². The molecule has 118 valence electrons. The molecule has 0 aliphatic rings. The van der Waals surface area contributed by atoms with Crippen LogP contribution in [-0.4, -0.2) is 31.6 Å². The first kappa shape index (κ1) is 17.4. The first-order valence-electron chi connectivity index (χ1n) is 6.03. The summed E-state index contributed by atoms with van der Waals surface area (Å²) in [6, 6.07) is 0.513. The third-order valence-electron chi connectivity index (χ3n) is 2.61. The van der Waals surface area contributed by atoms with Gasteiger partial charge in [-0.25, -0.2) is 17.5 Å². The minimum Gasteiger partial charge on any atom is -0.396 e. The van der Waals surface area contributed by atoms with E-state index in [0.29, 0.717) is 25.3 Å². The van der Waals surface area contributed by atoms with Gasteiger partial charge in [-0.2, -0.15) is 4.39 Å². The van der Waals surface area contributed by atoms with Crippen LogP contribution in [0.1, 0.15) is 19.3 Å². The topological polar surface area (TPSA) is 110 Å². The van der Waals surface area contributed by atoms with Crippen molar-refractivity contribution in [1.82, 2.24) is 4.72 Å². The van der Waals surface area contributed by atoms with Crippen molar-refractivity contribution in [3.8, 4) is 0 Å². The molecule has 0 radical (unpaired) electrons. The molecule has 0 aliphatic heterocycles. The maximum Gasteiger partial charge on any atom is 0.306 e. The molecule has 1 rings (SSSR count). The van der Waals surface area contributed by atoms with E-state index >= 15 is 0 Å². The summed E-state index contributed by atoms with van der Waals surface area (Å²) in [5.41, 5.74) is -1.11. The minimum atomic E-state index is -4.31. The van der Waals surface area contributed by atoms with Crippen LogP contribution in [0.3, 0.4) is 0 Å². The van der Waals surface area contributed by atoms with Gasteiger partial charge in [0, 0.05) is 25.3 Å². The van der Waals surface area contributed by atoms with Gasteiger partial charge in [0.25, 0.3) is 0 Å². The lowest BCUT2D eigenvalue weighted by molar-refractivity contribution is -0.387. The van der Waals surface area contributed by atoms with Crippen LogP contribution >= 0.6 is 0 Å². The van der Waals surface area contributed by atoms with Gasteiger partial charge in [-0.05, 0) is 19.3 Å². The van der Waals surface area contributed by atoms with Gasteiger partial charge in [-0.1, -0.05) is 0 Å². The van der Waals surface area contributed by atoms with Crippen molar-refractivity contribution in [3.63, 3.8) is 0 Å². The number of benzene rings is 1. The van der Waals surface area contributed by atoms with Crippen LogP contribution in [0.25, 0.3) is 0 Å². The van der Waals surface area contributed by atoms with Crippen LogP contribution in [0.15, 0.2) is 17.0 Å². The summed E-state index contributed by atoms with van der Waals surface area (Å²) in [4.78, 5) is 8.44. The fourth-order valence-corrected chi connectivity index (χ4v) is 2.71. The molecule has 2 N–H and O–H groups in total. The Bertz CT molecular complexity index is 621. The van der Waals surface area contributed by atoms with Crippen LogP contribution in [-0.2, 0) is 10.0 Å². The van der Waals surface area contributed by atoms with E-state index in [-0.39, 0.29) is 19.2 Å². The molecule has 1 aromatic carbocycles. The molecule has 0 amide bonds. The van der Waals surface area contributed by atoms with Gasteiger partial charge in [0.1, 0.15) is 10.7 Å². The minimum absolute atomic E-state index is 0.0209. The number of hydrogen-bond acceptors (Lipinski definition) is 5. The lowest BCUT2D eigenvalue weighted by Gasteiger charge is -2.07. The van der Waals surface area contributed by atoms with Crippen molar-refractivity contribution in [2.75, 3.05) is 13.2 Å². The van der Waals surface area contributed by atoms with Crippen molar-refractivity contribution >= 4 is 15.7 Å². The number of rotatable bonds is 8. The lowest BCUT2D eigenvalue weighted by atomic mass is 10.2. The van der Waals surface area contributed by atoms with Gasteiger partial charge in [0.15, 0.2) is 0 Å². The Balaban J connectivity index is 2.92. The summed E-state index contributed by atoms with van der Waals surface area (Å²) in [6.07, 6.45) is 1.47. The van der Waals surface area contributed by atoms with Gasteiger partial charge in [-0.3, -0.25) is 10.1 Å². The molecule has 0 heterocycles. The number of unbranched alkanes of at least 4 members (excludes halogenated alkanes) is 2. The zero-order valence-electron chi connectivity index (χ0n) is 10.9. The number of halogens is 2. The van der Waals surface area contributed by atoms with E-state index in [0.717, 1.165) is 0 Å². The molecule has 1 aromatic rings. The first-order chi connectivity index (χ1) is 9.79. The van der Waals surface area contributed by atoms with Crippen molar-refractivity contribution in [2.24, 2.45) is 0 Å². The standard InChI is InChI=1S/C11H14F2N2O5S/c12-8-6-9(13)11(7-10(8)15(17)18)21(19,20)14-4-2-1-3-5-16/h6-7,14,16H,1-5H2. The zero-order chi connectivity index (χ0) is 16.0. The van der Waals surface area contributed by atoms with Crippen LogP contribution in [0.5, 0.6) is 0 Å². The van der Waals surface area contributed by atoms with Gasteiger partial charge >= 0.3 is 5.69 Å². The van der Waals surface area contributed by atoms with Crippen LogP contribution in [0, 0.1) is 21.7 Å². The molecular formula is C11H14F2N2O5S. The fraction of sp³-hybridized carbons (Fsp3) is 0.455. The number of sulfonamides is 1. The Hall–Kier alpha value is -1.65.